The van der Waals surface area contributed by atoms with Gasteiger partial charge in [-0.15, -0.1) is 0 Å². The van der Waals surface area contributed by atoms with E-state index in [1.165, 1.54) is 32.1 Å². The molecule has 1 unspecified atom stereocenters. The zero-order valence-electron chi connectivity index (χ0n) is 16.1. The lowest BCUT2D eigenvalue weighted by atomic mass is 9.50. The predicted octanol–water partition coefficient (Wildman–Crippen LogP) is 3.70. The van der Waals surface area contributed by atoms with E-state index in [0.717, 1.165) is 11.8 Å². The number of amides is 2. The Morgan fingerprint density at radius 3 is 2.12 bits per heavy atom. The van der Waals surface area contributed by atoms with E-state index in [1.54, 1.807) is 4.90 Å². The molecule has 0 aromatic carbocycles. The number of nitrogens with one attached hydrogen (secondary N) is 1. The first-order valence-electron chi connectivity index (χ1n) is 10.2. The third-order valence-electron chi connectivity index (χ3n) is 7.09. The largest absolute Gasteiger partial charge is 0.465 e. The molecule has 5 fully saturated rings. The van der Waals surface area contributed by atoms with Crippen molar-refractivity contribution < 1.29 is 19.4 Å². The SMILES string of the molecule is CC(C)(C)OC(=O)N[C@@H]1CCN(C(=O)O)C1C1C2CC3CC(C2)CC1C3. The molecule has 26 heavy (non-hydrogen) atoms. The number of hydrogen-bond acceptors (Lipinski definition) is 3. The van der Waals surface area contributed by atoms with Crippen LogP contribution in [-0.2, 0) is 4.74 Å². The lowest BCUT2D eigenvalue weighted by Gasteiger charge is -2.57. The van der Waals surface area contributed by atoms with Gasteiger partial charge in [0, 0.05) is 6.54 Å². The number of alkyl carbamates (subject to hydrolysis) is 1. The van der Waals surface area contributed by atoms with Crippen LogP contribution in [-0.4, -0.2) is 46.4 Å². The summed E-state index contributed by atoms with van der Waals surface area (Å²) in [6.07, 6.45) is 5.79. The number of carbonyl (C=O) groups excluding carboxylic acids is 1. The highest BCUT2D eigenvalue weighted by molar-refractivity contribution is 5.69. The summed E-state index contributed by atoms with van der Waals surface area (Å²) in [4.78, 5) is 25.8. The first-order valence-corrected chi connectivity index (χ1v) is 10.2. The highest BCUT2D eigenvalue weighted by atomic mass is 16.6. The summed E-state index contributed by atoms with van der Waals surface area (Å²) >= 11 is 0. The molecule has 0 spiro atoms. The maximum absolute atomic E-state index is 12.3. The van der Waals surface area contributed by atoms with Gasteiger partial charge >= 0.3 is 12.2 Å². The molecule has 2 atom stereocenters. The number of carbonyl (C=O) groups is 2. The Morgan fingerprint density at radius 1 is 1.04 bits per heavy atom. The molecule has 2 N–H and O–H groups in total. The van der Waals surface area contributed by atoms with E-state index in [9.17, 15) is 14.7 Å². The summed E-state index contributed by atoms with van der Waals surface area (Å²) in [5, 5.41) is 12.8. The van der Waals surface area contributed by atoms with E-state index >= 15 is 0 Å². The lowest BCUT2D eigenvalue weighted by molar-refractivity contribution is -0.0678. The van der Waals surface area contributed by atoms with Crippen LogP contribution in [0.25, 0.3) is 0 Å². The minimum atomic E-state index is -0.850. The molecular weight excluding hydrogens is 332 g/mol. The fourth-order valence-electron chi connectivity index (χ4n) is 6.66. The van der Waals surface area contributed by atoms with Crippen LogP contribution in [0.1, 0.15) is 59.3 Å². The van der Waals surface area contributed by atoms with Crippen LogP contribution in [0, 0.1) is 29.6 Å². The molecule has 6 nitrogen and oxygen atoms in total. The van der Waals surface area contributed by atoms with Crippen molar-refractivity contribution in [3.05, 3.63) is 0 Å². The Morgan fingerprint density at radius 2 is 1.62 bits per heavy atom. The van der Waals surface area contributed by atoms with Crippen molar-refractivity contribution in [2.45, 2.75) is 77.0 Å². The third-order valence-corrected chi connectivity index (χ3v) is 7.09. The summed E-state index contributed by atoms with van der Waals surface area (Å²) in [5.41, 5.74) is -0.548. The van der Waals surface area contributed by atoms with Gasteiger partial charge in [-0.05, 0) is 88.9 Å². The molecule has 1 heterocycles. The van der Waals surface area contributed by atoms with E-state index in [2.05, 4.69) is 5.32 Å². The monoisotopic (exact) mass is 364 g/mol. The van der Waals surface area contributed by atoms with Crippen LogP contribution >= 0.6 is 0 Å². The van der Waals surface area contributed by atoms with Crippen molar-refractivity contribution >= 4 is 12.2 Å². The van der Waals surface area contributed by atoms with Crippen LogP contribution in [0.4, 0.5) is 9.59 Å². The van der Waals surface area contributed by atoms with Gasteiger partial charge in [0.05, 0.1) is 12.1 Å². The maximum Gasteiger partial charge on any atom is 0.407 e. The van der Waals surface area contributed by atoms with Crippen molar-refractivity contribution in [2.24, 2.45) is 29.6 Å². The van der Waals surface area contributed by atoms with Gasteiger partial charge in [0.1, 0.15) is 5.60 Å². The fourth-order valence-corrected chi connectivity index (χ4v) is 6.66. The van der Waals surface area contributed by atoms with Gasteiger partial charge in [-0.3, -0.25) is 0 Å². The van der Waals surface area contributed by atoms with Gasteiger partial charge in [-0.1, -0.05) is 0 Å². The molecule has 4 saturated carbocycles. The predicted molar refractivity (Wildman–Crippen MR) is 96.8 cm³/mol. The van der Waals surface area contributed by atoms with Gasteiger partial charge in [-0.2, -0.15) is 0 Å². The molecule has 0 aromatic heterocycles. The number of ether oxygens (including phenoxy) is 1. The Labute approximate surface area is 155 Å². The molecule has 5 rings (SSSR count). The van der Waals surface area contributed by atoms with E-state index in [1.807, 2.05) is 20.8 Å². The Hall–Kier alpha value is -1.46. The molecule has 146 valence electrons. The summed E-state index contributed by atoms with van der Waals surface area (Å²) < 4.78 is 5.43. The van der Waals surface area contributed by atoms with Crippen molar-refractivity contribution in [3.63, 3.8) is 0 Å². The van der Waals surface area contributed by atoms with Crippen molar-refractivity contribution in [1.82, 2.24) is 10.2 Å². The molecule has 4 bridgehead atoms. The van der Waals surface area contributed by atoms with Gasteiger partial charge in [0.25, 0.3) is 0 Å². The van der Waals surface area contributed by atoms with Crippen LogP contribution in [0.3, 0.4) is 0 Å². The second-order valence-electron chi connectivity index (χ2n) is 10.0. The van der Waals surface area contributed by atoms with Crippen LogP contribution < -0.4 is 5.32 Å². The molecule has 0 radical (unpaired) electrons. The summed E-state index contributed by atoms with van der Waals surface area (Å²) in [6.45, 7) is 6.05. The number of carboxylic acid groups (broad SMARTS) is 1. The molecular formula is C20H32N2O4. The molecule has 0 aromatic rings. The number of likely N-dealkylation sites (tertiary alicyclic amines) is 1. The Balaban J connectivity index is 1.53. The van der Waals surface area contributed by atoms with Gasteiger partial charge in [0.15, 0.2) is 0 Å². The second kappa shape index (κ2) is 6.31. The summed E-state index contributed by atoms with van der Waals surface area (Å²) in [7, 11) is 0. The van der Waals surface area contributed by atoms with Gasteiger partial charge < -0.3 is 20.1 Å². The van der Waals surface area contributed by atoms with Crippen LogP contribution in [0.5, 0.6) is 0 Å². The van der Waals surface area contributed by atoms with Gasteiger partial charge in [-0.25, -0.2) is 9.59 Å². The average Bonchev–Trinajstić information content (AvgIpc) is 2.88. The average molecular weight is 364 g/mol. The quantitative estimate of drug-likeness (QED) is 0.783. The summed E-state index contributed by atoms with van der Waals surface area (Å²) in [5.74, 6) is 3.34. The van der Waals surface area contributed by atoms with Crippen molar-refractivity contribution in [2.75, 3.05) is 6.54 Å². The van der Waals surface area contributed by atoms with E-state index in [0.29, 0.717) is 30.7 Å². The first-order chi connectivity index (χ1) is 12.2. The van der Waals surface area contributed by atoms with E-state index in [-0.39, 0.29) is 12.1 Å². The third kappa shape index (κ3) is 3.27. The molecule has 1 saturated heterocycles. The van der Waals surface area contributed by atoms with Gasteiger partial charge in [0.2, 0.25) is 0 Å². The Kier molecular flexibility index (Phi) is 4.35. The topological polar surface area (TPSA) is 78.9 Å². The minimum Gasteiger partial charge on any atom is -0.465 e. The van der Waals surface area contributed by atoms with Crippen molar-refractivity contribution in [1.29, 1.82) is 0 Å². The van der Waals surface area contributed by atoms with Crippen LogP contribution in [0.2, 0.25) is 0 Å². The molecule has 1 aliphatic heterocycles. The molecule has 5 aliphatic rings. The highest BCUT2D eigenvalue weighted by Crippen LogP contribution is 2.58. The maximum atomic E-state index is 12.3. The standard InChI is InChI=1S/C20H32N2O4/c1-20(2,3)26-18(23)21-15-4-5-22(19(24)25)17(15)16-13-7-11-6-12(9-13)10-14(16)8-11/h11-17H,4-10H2,1-3H3,(H,21,23)(H,24,25)/t11?,12?,13?,14?,15-,16?,17?/m1/s1. The first kappa shape index (κ1) is 17.9. The fraction of sp³-hybridized carbons (Fsp3) is 0.900. The zero-order chi connectivity index (χ0) is 18.6. The minimum absolute atomic E-state index is 0.102. The van der Waals surface area contributed by atoms with E-state index < -0.39 is 17.8 Å². The van der Waals surface area contributed by atoms with E-state index in [4.69, 9.17) is 4.74 Å². The lowest BCUT2D eigenvalue weighted by Crippen LogP contribution is -2.58. The number of hydrogen-bond donors (Lipinski definition) is 2. The zero-order valence-corrected chi connectivity index (χ0v) is 16.1. The molecule has 6 heteroatoms. The number of rotatable bonds is 2. The second-order valence-corrected chi connectivity index (χ2v) is 10.0. The molecule has 4 aliphatic carbocycles. The molecule has 2 amide bonds. The van der Waals surface area contributed by atoms with Crippen LogP contribution in [0.15, 0.2) is 0 Å². The summed E-state index contributed by atoms with van der Waals surface area (Å²) in [6, 6.07) is -0.238. The van der Waals surface area contributed by atoms with Crippen molar-refractivity contribution in [3.8, 4) is 0 Å². The smallest absolute Gasteiger partial charge is 0.407 e. The highest BCUT2D eigenvalue weighted by Gasteiger charge is 2.55. The normalized spacial score (nSPS) is 41.3. The Bertz CT molecular complexity index is 557. The number of nitrogens with zero attached hydrogens (tertiary/aromatic N) is 1.